The molecule has 84 valence electrons. The Morgan fingerprint density at radius 3 is 2.87 bits per heavy atom. The summed E-state index contributed by atoms with van der Waals surface area (Å²) in [6.45, 7) is 8.46. The van der Waals surface area contributed by atoms with Gasteiger partial charge in [0.1, 0.15) is 6.29 Å². The molecule has 0 heterocycles. The first kappa shape index (κ1) is 12.2. The minimum absolute atomic E-state index is 0.127. The number of hydrogen-bond acceptors (Lipinski definition) is 1. The highest BCUT2D eigenvalue weighted by Crippen LogP contribution is 2.39. The molecule has 1 nitrogen and oxygen atoms in total. The summed E-state index contributed by atoms with van der Waals surface area (Å²) in [6, 6.07) is 0. The molecule has 0 N–H and O–H groups in total. The van der Waals surface area contributed by atoms with Gasteiger partial charge in [-0.3, -0.25) is 0 Å². The van der Waals surface area contributed by atoms with Crippen molar-refractivity contribution in [2.24, 2.45) is 11.3 Å². The molecule has 0 radical (unpaired) electrons. The van der Waals surface area contributed by atoms with Crippen molar-refractivity contribution in [3.63, 3.8) is 0 Å². The number of allylic oxidation sites excluding steroid dienone is 4. The van der Waals surface area contributed by atoms with Gasteiger partial charge in [0.15, 0.2) is 0 Å². The van der Waals surface area contributed by atoms with E-state index in [0.717, 1.165) is 25.5 Å². The fraction of sp³-hybridized carbons (Fsp3) is 0.643. The summed E-state index contributed by atoms with van der Waals surface area (Å²) in [5, 5.41) is 0. The average molecular weight is 206 g/mol. The van der Waals surface area contributed by atoms with E-state index in [0.29, 0.717) is 5.92 Å². The molecule has 0 aromatic carbocycles. The third-order valence-corrected chi connectivity index (χ3v) is 3.29. The van der Waals surface area contributed by atoms with Crippen LogP contribution in [0.1, 0.15) is 47.0 Å². The molecular formula is C14H22O. The zero-order valence-electron chi connectivity index (χ0n) is 10.3. The van der Waals surface area contributed by atoms with Crippen LogP contribution in [0.3, 0.4) is 0 Å². The molecule has 15 heavy (non-hydrogen) atoms. The molecule has 1 aliphatic rings. The molecule has 2 unspecified atom stereocenters. The van der Waals surface area contributed by atoms with Crippen LogP contribution >= 0.6 is 0 Å². The van der Waals surface area contributed by atoms with Crippen molar-refractivity contribution in [3.8, 4) is 0 Å². The Kier molecular flexibility index (Phi) is 3.90. The van der Waals surface area contributed by atoms with Crippen molar-refractivity contribution in [2.75, 3.05) is 0 Å². The summed E-state index contributed by atoms with van der Waals surface area (Å²) in [4.78, 5) is 11.1. The third kappa shape index (κ3) is 3.33. The van der Waals surface area contributed by atoms with E-state index in [9.17, 15) is 4.79 Å². The highest BCUT2D eigenvalue weighted by molar-refractivity contribution is 5.60. The van der Waals surface area contributed by atoms with Crippen molar-refractivity contribution in [1.29, 1.82) is 0 Å². The van der Waals surface area contributed by atoms with E-state index >= 15 is 0 Å². The van der Waals surface area contributed by atoms with Crippen LogP contribution < -0.4 is 0 Å². The van der Waals surface area contributed by atoms with Crippen LogP contribution in [0, 0.1) is 11.3 Å². The van der Waals surface area contributed by atoms with Crippen molar-refractivity contribution in [2.45, 2.75) is 47.0 Å². The molecule has 1 heteroatoms. The second-order valence-corrected chi connectivity index (χ2v) is 5.27. The molecule has 0 bridgehead atoms. The van der Waals surface area contributed by atoms with Gasteiger partial charge >= 0.3 is 0 Å². The van der Waals surface area contributed by atoms with Crippen LogP contribution in [-0.2, 0) is 4.79 Å². The summed E-state index contributed by atoms with van der Waals surface area (Å²) >= 11 is 0. The summed E-state index contributed by atoms with van der Waals surface area (Å²) in [6.07, 6.45) is 8.67. The van der Waals surface area contributed by atoms with E-state index in [-0.39, 0.29) is 5.41 Å². The Morgan fingerprint density at radius 2 is 2.33 bits per heavy atom. The first-order valence-corrected chi connectivity index (χ1v) is 5.74. The molecule has 0 aliphatic heterocycles. The van der Waals surface area contributed by atoms with E-state index in [1.54, 1.807) is 0 Å². The topological polar surface area (TPSA) is 17.1 Å². The van der Waals surface area contributed by atoms with Gasteiger partial charge in [-0.1, -0.05) is 30.2 Å². The average Bonchev–Trinajstić information content (AvgIpc) is 2.16. The lowest BCUT2D eigenvalue weighted by molar-refractivity contribution is -0.116. The fourth-order valence-corrected chi connectivity index (χ4v) is 2.58. The van der Waals surface area contributed by atoms with Gasteiger partial charge < -0.3 is 4.79 Å². The molecule has 0 saturated heterocycles. The molecule has 0 aromatic rings. The van der Waals surface area contributed by atoms with Gasteiger partial charge in [-0.15, -0.1) is 0 Å². The molecule has 0 aromatic heterocycles. The second-order valence-electron chi connectivity index (χ2n) is 5.27. The Hall–Kier alpha value is -0.850. The number of hydrogen-bond donors (Lipinski definition) is 0. The van der Waals surface area contributed by atoms with E-state index in [1.165, 1.54) is 11.1 Å². The quantitative estimate of drug-likeness (QED) is 0.505. The van der Waals surface area contributed by atoms with E-state index < -0.39 is 0 Å². The lowest BCUT2D eigenvalue weighted by atomic mass is 9.71. The summed E-state index contributed by atoms with van der Waals surface area (Å²) in [5.41, 5.74) is 2.65. The second kappa shape index (κ2) is 4.78. The van der Waals surface area contributed by atoms with Crippen LogP contribution in [0.2, 0.25) is 0 Å². The van der Waals surface area contributed by atoms with Gasteiger partial charge in [-0.2, -0.15) is 0 Å². The normalized spacial score (nSPS) is 32.4. The van der Waals surface area contributed by atoms with Gasteiger partial charge in [0.05, 0.1) is 0 Å². The number of carbonyl (C=O) groups excluding carboxylic acids is 1. The first-order chi connectivity index (χ1) is 6.99. The molecule has 1 rings (SSSR count). The lowest BCUT2D eigenvalue weighted by Crippen LogP contribution is -2.26. The van der Waals surface area contributed by atoms with Crippen molar-refractivity contribution >= 4 is 6.29 Å². The van der Waals surface area contributed by atoms with Gasteiger partial charge in [0.2, 0.25) is 0 Å². The number of carbonyl (C=O) groups is 1. The number of aldehydes is 1. The molecule has 0 saturated carbocycles. The van der Waals surface area contributed by atoms with Gasteiger partial charge in [0, 0.05) is 5.41 Å². The highest BCUT2D eigenvalue weighted by atomic mass is 16.1. The Bertz CT molecular complexity index is 298. The maximum absolute atomic E-state index is 11.1. The van der Waals surface area contributed by atoms with Gasteiger partial charge in [-0.05, 0) is 46.0 Å². The van der Waals surface area contributed by atoms with E-state index in [1.807, 2.05) is 0 Å². The molecular weight excluding hydrogens is 184 g/mol. The smallest absolute Gasteiger partial charge is 0.126 e. The molecule has 0 fully saturated rings. The minimum Gasteiger partial charge on any atom is -0.303 e. The molecule has 0 spiro atoms. The summed E-state index contributed by atoms with van der Waals surface area (Å²) in [7, 11) is 0. The monoisotopic (exact) mass is 206 g/mol. The van der Waals surface area contributed by atoms with Crippen molar-refractivity contribution < 1.29 is 4.79 Å². The number of rotatable bonds is 3. The first-order valence-electron chi connectivity index (χ1n) is 5.74. The predicted molar refractivity (Wildman–Crippen MR) is 64.7 cm³/mol. The summed E-state index contributed by atoms with van der Waals surface area (Å²) in [5.74, 6) is 0.546. The van der Waals surface area contributed by atoms with Gasteiger partial charge in [0.25, 0.3) is 0 Å². The largest absolute Gasteiger partial charge is 0.303 e. The van der Waals surface area contributed by atoms with Crippen molar-refractivity contribution in [3.05, 3.63) is 23.3 Å². The Labute approximate surface area is 93.3 Å². The Balaban J connectivity index is 2.75. The van der Waals surface area contributed by atoms with Crippen molar-refractivity contribution in [1.82, 2.24) is 0 Å². The Morgan fingerprint density at radius 1 is 1.67 bits per heavy atom. The van der Waals surface area contributed by atoms with Crippen LogP contribution in [0.4, 0.5) is 0 Å². The molecule has 2 atom stereocenters. The zero-order valence-corrected chi connectivity index (χ0v) is 10.3. The third-order valence-electron chi connectivity index (χ3n) is 3.29. The summed E-state index contributed by atoms with van der Waals surface area (Å²) < 4.78 is 0. The molecule has 0 amide bonds. The van der Waals surface area contributed by atoms with Crippen LogP contribution in [0.25, 0.3) is 0 Å². The van der Waals surface area contributed by atoms with Gasteiger partial charge in [-0.25, -0.2) is 0 Å². The van der Waals surface area contributed by atoms with E-state index in [4.69, 9.17) is 0 Å². The van der Waals surface area contributed by atoms with Crippen LogP contribution in [0.5, 0.6) is 0 Å². The standard InChI is InChI=1S/C14H22O/c1-5-11(2)6-13-7-12(3)8-14(4,9-13)10-15/h5,7,10,13H,6,8-9H2,1-4H3. The maximum Gasteiger partial charge on any atom is 0.126 e. The minimum atomic E-state index is -0.127. The lowest BCUT2D eigenvalue weighted by Gasteiger charge is -2.32. The molecule has 1 aliphatic carbocycles. The van der Waals surface area contributed by atoms with Crippen LogP contribution in [0.15, 0.2) is 23.3 Å². The fourth-order valence-electron chi connectivity index (χ4n) is 2.58. The van der Waals surface area contributed by atoms with Crippen LogP contribution in [-0.4, -0.2) is 6.29 Å². The highest BCUT2D eigenvalue weighted by Gasteiger charge is 2.31. The SMILES string of the molecule is CC=C(C)CC1C=C(C)CC(C)(C=O)C1. The maximum atomic E-state index is 11.1. The predicted octanol–water partition coefficient (Wildman–Crippen LogP) is 3.90. The zero-order chi connectivity index (χ0) is 11.5. The van der Waals surface area contributed by atoms with E-state index in [2.05, 4.69) is 39.8 Å².